The average molecular weight is 235 g/mol. The van der Waals surface area contributed by atoms with Gasteiger partial charge in [-0.15, -0.1) is 11.3 Å². The number of hydrogen-bond donors (Lipinski definition) is 1. The molecule has 0 aliphatic heterocycles. The summed E-state index contributed by atoms with van der Waals surface area (Å²) in [6, 6.07) is 8.54. The highest BCUT2D eigenvalue weighted by Gasteiger charge is 2.06. The van der Waals surface area contributed by atoms with Crippen molar-refractivity contribution in [2.24, 2.45) is 0 Å². The van der Waals surface area contributed by atoms with E-state index in [-0.39, 0.29) is 0 Å². The number of H-pyrrole nitrogens is 1. The molecule has 0 saturated heterocycles. The van der Waals surface area contributed by atoms with E-state index in [4.69, 9.17) is 12.2 Å². The van der Waals surface area contributed by atoms with Gasteiger partial charge in [-0.2, -0.15) is 0 Å². The molecular formula is C12H13NS2. The lowest BCUT2D eigenvalue weighted by molar-refractivity contribution is 1.17. The summed E-state index contributed by atoms with van der Waals surface area (Å²) < 4.78 is 0.863. The fourth-order valence-electron chi connectivity index (χ4n) is 1.56. The van der Waals surface area contributed by atoms with Crippen LogP contribution in [0.15, 0.2) is 24.3 Å². The second-order valence-electron chi connectivity index (χ2n) is 3.53. The molecule has 0 saturated carbocycles. The summed E-state index contributed by atoms with van der Waals surface area (Å²) >= 11 is 6.85. The van der Waals surface area contributed by atoms with Gasteiger partial charge in [0.05, 0.1) is 5.69 Å². The summed E-state index contributed by atoms with van der Waals surface area (Å²) in [6.07, 6.45) is 1.03. The molecule has 1 aromatic heterocycles. The zero-order chi connectivity index (χ0) is 10.8. The van der Waals surface area contributed by atoms with Crippen molar-refractivity contribution in [2.75, 3.05) is 0 Å². The molecule has 1 N–H and O–H groups in total. The van der Waals surface area contributed by atoms with Crippen molar-refractivity contribution in [2.45, 2.75) is 20.3 Å². The first-order valence-electron chi connectivity index (χ1n) is 4.99. The van der Waals surface area contributed by atoms with Crippen LogP contribution >= 0.6 is 23.6 Å². The Balaban J connectivity index is 2.53. The van der Waals surface area contributed by atoms with Crippen LogP contribution in [-0.4, -0.2) is 4.98 Å². The molecule has 78 valence electrons. The minimum Gasteiger partial charge on any atom is -0.337 e. The Morgan fingerprint density at radius 1 is 1.27 bits per heavy atom. The number of benzene rings is 1. The molecule has 2 aromatic rings. The van der Waals surface area contributed by atoms with Gasteiger partial charge in [0.1, 0.15) is 0 Å². The molecule has 3 heteroatoms. The van der Waals surface area contributed by atoms with Gasteiger partial charge in [-0.3, -0.25) is 0 Å². The number of aromatic nitrogens is 1. The molecule has 0 bridgehead atoms. The number of aromatic amines is 1. The fourth-order valence-corrected chi connectivity index (χ4v) is 2.76. The average Bonchev–Trinajstić information content (AvgIpc) is 2.61. The molecule has 1 aromatic carbocycles. The third-order valence-electron chi connectivity index (χ3n) is 2.38. The molecule has 0 fully saturated rings. The van der Waals surface area contributed by atoms with E-state index >= 15 is 0 Å². The van der Waals surface area contributed by atoms with Crippen molar-refractivity contribution < 1.29 is 0 Å². The van der Waals surface area contributed by atoms with E-state index in [2.05, 4.69) is 43.1 Å². The molecule has 1 heterocycles. The van der Waals surface area contributed by atoms with Gasteiger partial charge in [0.2, 0.25) is 0 Å². The van der Waals surface area contributed by atoms with Gasteiger partial charge in [-0.1, -0.05) is 36.8 Å². The lowest BCUT2D eigenvalue weighted by atomic mass is 10.1. The fraction of sp³-hybridized carbons (Fsp3) is 0.250. The molecule has 0 aliphatic rings. The lowest BCUT2D eigenvalue weighted by Crippen LogP contribution is -1.83. The number of rotatable bonds is 2. The predicted molar refractivity (Wildman–Crippen MR) is 69.1 cm³/mol. The standard InChI is InChI=1S/C12H13NS2/c1-3-10-11(13-12(14)15-10)9-6-4-8(2)5-7-9/h4-7H,3H2,1-2H3,(H,13,14). The van der Waals surface area contributed by atoms with Crippen molar-refractivity contribution in [1.29, 1.82) is 0 Å². The van der Waals surface area contributed by atoms with E-state index < -0.39 is 0 Å². The van der Waals surface area contributed by atoms with E-state index in [9.17, 15) is 0 Å². The van der Waals surface area contributed by atoms with Gasteiger partial charge in [0.15, 0.2) is 3.95 Å². The van der Waals surface area contributed by atoms with Gasteiger partial charge < -0.3 is 4.98 Å². The number of nitrogens with one attached hydrogen (secondary N) is 1. The number of aryl methyl sites for hydroxylation is 2. The minimum atomic E-state index is 0.863. The molecule has 1 nitrogen and oxygen atoms in total. The van der Waals surface area contributed by atoms with Crippen LogP contribution in [0.3, 0.4) is 0 Å². The van der Waals surface area contributed by atoms with Crippen LogP contribution in [0.5, 0.6) is 0 Å². The van der Waals surface area contributed by atoms with E-state index in [0.717, 1.165) is 10.4 Å². The maximum absolute atomic E-state index is 5.18. The molecule has 2 rings (SSSR count). The van der Waals surface area contributed by atoms with E-state index in [1.807, 2.05) is 0 Å². The maximum Gasteiger partial charge on any atom is 0.159 e. The van der Waals surface area contributed by atoms with Gasteiger partial charge in [-0.25, -0.2) is 0 Å². The topological polar surface area (TPSA) is 15.8 Å². The SMILES string of the molecule is CCc1sc(=S)[nH]c1-c1ccc(C)cc1. The van der Waals surface area contributed by atoms with Crippen LogP contribution in [0.25, 0.3) is 11.3 Å². The summed E-state index contributed by atoms with van der Waals surface area (Å²) in [5, 5.41) is 0. The molecule has 15 heavy (non-hydrogen) atoms. The first kappa shape index (κ1) is 10.6. The summed E-state index contributed by atoms with van der Waals surface area (Å²) in [7, 11) is 0. The van der Waals surface area contributed by atoms with Crippen LogP contribution < -0.4 is 0 Å². The molecular weight excluding hydrogens is 222 g/mol. The van der Waals surface area contributed by atoms with Crippen molar-refractivity contribution in [3.8, 4) is 11.3 Å². The van der Waals surface area contributed by atoms with Gasteiger partial charge in [0.25, 0.3) is 0 Å². The Kier molecular flexibility index (Phi) is 3.03. The maximum atomic E-state index is 5.18. The van der Waals surface area contributed by atoms with Crippen LogP contribution in [-0.2, 0) is 6.42 Å². The minimum absolute atomic E-state index is 0.863. The summed E-state index contributed by atoms with van der Waals surface area (Å²) in [5.74, 6) is 0. The molecule has 0 aliphatic carbocycles. The normalized spacial score (nSPS) is 10.5. The smallest absolute Gasteiger partial charge is 0.159 e. The second kappa shape index (κ2) is 4.29. The van der Waals surface area contributed by atoms with E-state index in [0.29, 0.717) is 0 Å². The van der Waals surface area contributed by atoms with Crippen LogP contribution in [0.4, 0.5) is 0 Å². The van der Waals surface area contributed by atoms with Crippen molar-refractivity contribution in [3.05, 3.63) is 38.7 Å². The Morgan fingerprint density at radius 3 is 2.53 bits per heavy atom. The molecule has 0 amide bonds. The van der Waals surface area contributed by atoms with Gasteiger partial charge in [-0.05, 0) is 31.1 Å². The van der Waals surface area contributed by atoms with Crippen LogP contribution in [0, 0.1) is 10.9 Å². The van der Waals surface area contributed by atoms with Gasteiger partial charge in [0, 0.05) is 4.88 Å². The Morgan fingerprint density at radius 2 is 1.93 bits per heavy atom. The number of thiazole rings is 1. The van der Waals surface area contributed by atoms with Crippen LogP contribution in [0.1, 0.15) is 17.4 Å². The zero-order valence-corrected chi connectivity index (χ0v) is 10.5. The number of hydrogen-bond acceptors (Lipinski definition) is 2. The van der Waals surface area contributed by atoms with Crippen LogP contribution in [0.2, 0.25) is 0 Å². The predicted octanol–water partition coefficient (Wildman–Crippen LogP) is 4.34. The monoisotopic (exact) mass is 235 g/mol. The summed E-state index contributed by atoms with van der Waals surface area (Å²) in [5.41, 5.74) is 3.70. The Labute approximate surface area is 98.8 Å². The van der Waals surface area contributed by atoms with Crippen molar-refractivity contribution >= 4 is 23.6 Å². The van der Waals surface area contributed by atoms with Gasteiger partial charge >= 0.3 is 0 Å². The summed E-state index contributed by atoms with van der Waals surface area (Å²) in [6.45, 7) is 4.26. The molecule has 0 unspecified atom stereocenters. The van der Waals surface area contributed by atoms with Crippen molar-refractivity contribution in [3.63, 3.8) is 0 Å². The lowest BCUT2D eigenvalue weighted by Gasteiger charge is -2.01. The first-order valence-corrected chi connectivity index (χ1v) is 6.22. The Hall–Kier alpha value is -0.930. The quantitative estimate of drug-likeness (QED) is 0.765. The highest BCUT2D eigenvalue weighted by atomic mass is 32.1. The van der Waals surface area contributed by atoms with E-state index in [1.54, 1.807) is 11.3 Å². The molecule has 0 spiro atoms. The summed E-state index contributed by atoms with van der Waals surface area (Å²) in [4.78, 5) is 4.60. The molecule has 0 radical (unpaired) electrons. The zero-order valence-electron chi connectivity index (χ0n) is 8.83. The molecule has 0 atom stereocenters. The Bertz CT molecular complexity index is 505. The highest BCUT2D eigenvalue weighted by Crippen LogP contribution is 2.26. The third-order valence-corrected chi connectivity index (χ3v) is 3.76. The highest BCUT2D eigenvalue weighted by molar-refractivity contribution is 7.73. The van der Waals surface area contributed by atoms with E-state index in [1.165, 1.54) is 21.7 Å². The second-order valence-corrected chi connectivity index (χ2v) is 5.30. The first-order chi connectivity index (χ1) is 7.20. The third kappa shape index (κ3) is 2.19. The largest absolute Gasteiger partial charge is 0.337 e. The van der Waals surface area contributed by atoms with Crippen molar-refractivity contribution in [1.82, 2.24) is 4.98 Å².